The molecule has 2 N–H and O–H groups in total. The number of carbonyl (C=O) groups excluding carboxylic acids is 1. The molecule has 0 spiro atoms. The zero-order valence-electron chi connectivity index (χ0n) is 12.5. The standard InChI is InChI=1S/C16H25N3O/c1-13-5-3-4-6-14(13)7-8-16(20)19-10-9-18(2)12-15(19)11-17/h3-6,15H,7-12,17H2,1-2H3. The topological polar surface area (TPSA) is 49.6 Å². The zero-order valence-corrected chi connectivity index (χ0v) is 12.5. The van der Waals surface area contributed by atoms with Gasteiger partial charge in [0, 0.05) is 32.6 Å². The number of piperazine rings is 1. The zero-order chi connectivity index (χ0) is 14.5. The first kappa shape index (κ1) is 15.0. The van der Waals surface area contributed by atoms with Gasteiger partial charge in [-0.3, -0.25) is 4.79 Å². The molecule has 1 saturated heterocycles. The van der Waals surface area contributed by atoms with Crippen molar-refractivity contribution in [2.24, 2.45) is 5.73 Å². The van der Waals surface area contributed by atoms with Crippen molar-refractivity contribution in [3.8, 4) is 0 Å². The van der Waals surface area contributed by atoms with E-state index in [1.165, 1.54) is 11.1 Å². The van der Waals surface area contributed by atoms with Crippen LogP contribution in [0, 0.1) is 6.92 Å². The molecule has 1 atom stereocenters. The number of rotatable bonds is 4. The lowest BCUT2D eigenvalue weighted by Gasteiger charge is -2.39. The van der Waals surface area contributed by atoms with Crippen LogP contribution < -0.4 is 5.73 Å². The molecule has 110 valence electrons. The van der Waals surface area contributed by atoms with Crippen molar-refractivity contribution in [3.05, 3.63) is 35.4 Å². The predicted molar refractivity (Wildman–Crippen MR) is 81.6 cm³/mol. The van der Waals surface area contributed by atoms with Crippen LogP contribution in [-0.2, 0) is 11.2 Å². The predicted octanol–water partition coefficient (Wildman–Crippen LogP) is 1.03. The van der Waals surface area contributed by atoms with E-state index >= 15 is 0 Å². The minimum atomic E-state index is 0.165. The Bertz CT molecular complexity index is 461. The van der Waals surface area contributed by atoms with Crippen LogP contribution in [0.4, 0.5) is 0 Å². The van der Waals surface area contributed by atoms with Gasteiger partial charge in [-0.15, -0.1) is 0 Å². The summed E-state index contributed by atoms with van der Waals surface area (Å²) >= 11 is 0. The van der Waals surface area contributed by atoms with Crippen LogP contribution >= 0.6 is 0 Å². The van der Waals surface area contributed by atoms with E-state index in [0.717, 1.165) is 26.1 Å². The van der Waals surface area contributed by atoms with E-state index < -0.39 is 0 Å². The third-order valence-corrected chi connectivity index (χ3v) is 4.15. The smallest absolute Gasteiger partial charge is 0.223 e. The van der Waals surface area contributed by atoms with Gasteiger partial charge in [0.1, 0.15) is 0 Å². The van der Waals surface area contributed by atoms with Crippen LogP contribution in [-0.4, -0.2) is 55.0 Å². The average molecular weight is 275 g/mol. The van der Waals surface area contributed by atoms with Crippen molar-refractivity contribution in [3.63, 3.8) is 0 Å². The maximum Gasteiger partial charge on any atom is 0.223 e. The first-order valence-corrected chi connectivity index (χ1v) is 7.34. The van der Waals surface area contributed by atoms with Crippen LogP contribution in [0.1, 0.15) is 17.5 Å². The van der Waals surface area contributed by atoms with Crippen LogP contribution in [0.3, 0.4) is 0 Å². The van der Waals surface area contributed by atoms with E-state index in [-0.39, 0.29) is 11.9 Å². The van der Waals surface area contributed by atoms with Crippen LogP contribution in [0.5, 0.6) is 0 Å². The van der Waals surface area contributed by atoms with E-state index in [9.17, 15) is 4.79 Å². The Kier molecular flexibility index (Phi) is 5.15. The Morgan fingerprint density at radius 3 is 2.80 bits per heavy atom. The minimum Gasteiger partial charge on any atom is -0.336 e. The van der Waals surface area contributed by atoms with Crippen molar-refractivity contribution < 1.29 is 4.79 Å². The van der Waals surface area contributed by atoms with Gasteiger partial charge >= 0.3 is 0 Å². The number of nitrogens with two attached hydrogens (primary N) is 1. The molecule has 1 unspecified atom stereocenters. The van der Waals surface area contributed by atoms with E-state index in [1.807, 2.05) is 17.0 Å². The summed E-state index contributed by atoms with van der Waals surface area (Å²) in [7, 11) is 2.08. The Morgan fingerprint density at radius 2 is 2.10 bits per heavy atom. The van der Waals surface area contributed by atoms with Crippen LogP contribution in [0.2, 0.25) is 0 Å². The molecule has 1 aliphatic rings. The highest BCUT2D eigenvalue weighted by molar-refractivity contribution is 5.77. The lowest BCUT2D eigenvalue weighted by Crippen LogP contribution is -2.56. The third-order valence-electron chi connectivity index (χ3n) is 4.15. The van der Waals surface area contributed by atoms with Gasteiger partial charge in [0.05, 0.1) is 6.04 Å². The lowest BCUT2D eigenvalue weighted by atomic mass is 10.0. The molecular weight excluding hydrogens is 250 g/mol. The number of likely N-dealkylation sites (N-methyl/N-ethyl adjacent to an activating group) is 1. The molecule has 2 rings (SSSR count). The van der Waals surface area contributed by atoms with Crippen molar-refractivity contribution in [1.82, 2.24) is 9.80 Å². The number of hydrogen-bond acceptors (Lipinski definition) is 3. The monoisotopic (exact) mass is 275 g/mol. The summed E-state index contributed by atoms with van der Waals surface area (Å²) in [5, 5.41) is 0. The molecule has 1 heterocycles. The Labute approximate surface area is 121 Å². The lowest BCUT2D eigenvalue weighted by molar-refractivity contribution is -0.135. The molecule has 4 nitrogen and oxygen atoms in total. The van der Waals surface area contributed by atoms with Gasteiger partial charge in [0.25, 0.3) is 0 Å². The SMILES string of the molecule is Cc1ccccc1CCC(=O)N1CCN(C)CC1CN. The van der Waals surface area contributed by atoms with Crippen molar-refractivity contribution >= 4 is 5.91 Å². The van der Waals surface area contributed by atoms with Crippen molar-refractivity contribution in [2.45, 2.75) is 25.8 Å². The maximum absolute atomic E-state index is 12.4. The molecule has 1 aromatic carbocycles. The highest BCUT2D eigenvalue weighted by Gasteiger charge is 2.27. The van der Waals surface area contributed by atoms with Gasteiger partial charge in [0.15, 0.2) is 0 Å². The fourth-order valence-corrected chi connectivity index (χ4v) is 2.82. The van der Waals surface area contributed by atoms with E-state index in [1.54, 1.807) is 0 Å². The van der Waals surface area contributed by atoms with E-state index in [4.69, 9.17) is 5.73 Å². The van der Waals surface area contributed by atoms with Gasteiger partial charge in [-0.2, -0.15) is 0 Å². The second-order valence-corrected chi connectivity index (χ2v) is 5.67. The molecule has 20 heavy (non-hydrogen) atoms. The highest BCUT2D eigenvalue weighted by Crippen LogP contribution is 2.13. The van der Waals surface area contributed by atoms with Gasteiger partial charge < -0.3 is 15.5 Å². The molecule has 1 aliphatic heterocycles. The number of carbonyl (C=O) groups is 1. The Balaban J connectivity index is 1.93. The number of amides is 1. The van der Waals surface area contributed by atoms with Crippen LogP contribution in [0.15, 0.2) is 24.3 Å². The second-order valence-electron chi connectivity index (χ2n) is 5.67. The normalized spacial score (nSPS) is 20.1. The number of hydrogen-bond donors (Lipinski definition) is 1. The molecule has 4 heteroatoms. The third kappa shape index (κ3) is 3.58. The molecule has 0 aromatic heterocycles. The molecular formula is C16H25N3O. The van der Waals surface area contributed by atoms with E-state index in [2.05, 4.69) is 31.0 Å². The van der Waals surface area contributed by atoms with Gasteiger partial charge in [-0.1, -0.05) is 24.3 Å². The molecule has 0 bridgehead atoms. The van der Waals surface area contributed by atoms with Crippen molar-refractivity contribution in [1.29, 1.82) is 0 Å². The molecule has 1 amide bonds. The molecule has 0 aliphatic carbocycles. The summed E-state index contributed by atoms with van der Waals surface area (Å²) < 4.78 is 0. The molecule has 1 fully saturated rings. The van der Waals surface area contributed by atoms with Crippen molar-refractivity contribution in [2.75, 3.05) is 33.2 Å². The summed E-state index contributed by atoms with van der Waals surface area (Å²) in [4.78, 5) is 16.6. The molecule has 1 aromatic rings. The summed E-state index contributed by atoms with van der Waals surface area (Å²) in [5.41, 5.74) is 8.33. The summed E-state index contributed by atoms with van der Waals surface area (Å²) in [6.07, 6.45) is 1.39. The quantitative estimate of drug-likeness (QED) is 0.893. The Morgan fingerprint density at radius 1 is 1.35 bits per heavy atom. The summed E-state index contributed by atoms with van der Waals surface area (Å²) in [6.45, 7) is 5.25. The van der Waals surface area contributed by atoms with Gasteiger partial charge in [-0.05, 0) is 31.5 Å². The minimum absolute atomic E-state index is 0.165. The fourth-order valence-electron chi connectivity index (χ4n) is 2.82. The fraction of sp³-hybridized carbons (Fsp3) is 0.562. The van der Waals surface area contributed by atoms with Gasteiger partial charge in [0.2, 0.25) is 5.91 Å². The summed E-state index contributed by atoms with van der Waals surface area (Å²) in [6, 6.07) is 8.43. The number of aryl methyl sites for hydroxylation is 2. The Hall–Kier alpha value is -1.39. The van der Waals surface area contributed by atoms with Crippen LogP contribution in [0.25, 0.3) is 0 Å². The number of benzene rings is 1. The first-order chi connectivity index (χ1) is 9.61. The van der Waals surface area contributed by atoms with E-state index in [0.29, 0.717) is 13.0 Å². The maximum atomic E-state index is 12.4. The second kappa shape index (κ2) is 6.86. The summed E-state index contributed by atoms with van der Waals surface area (Å²) in [5.74, 6) is 0.233. The number of nitrogens with zero attached hydrogens (tertiary/aromatic N) is 2. The molecule has 0 saturated carbocycles. The highest BCUT2D eigenvalue weighted by atomic mass is 16.2. The first-order valence-electron chi connectivity index (χ1n) is 7.34. The largest absolute Gasteiger partial charge is 0.336 e. The van der Waals surface area contributed by atoms with Gasteiger partial charge in [-0.25, -0.2) is 0 Å². The average Bonchev–Trinajstić information content (AvgIpc) is 2.46. The molecule has 0 radical (unpaired) electrons.